The largest absolute Gasteiger partial charge is 0.492 e. The van der Waals surface area contributed by atoms with Gasteiger partial charge in [-0.1, -0.05) is 11.6 Å². The first kappa shape index (κ1) is 18.0. The zero-order valence-corrected chi connectivity index (χ0v) is 15.3. The number of hydrogen-bond donors (Lipinski definition) is 4. The van der Waals surface area contributed by atoms with E-state index in [0.29, 0.717) is 39.7 Å². The van der Waals surface area contributed by atoms with E-state index in [2.05, 4.69) is 20.6 Å². The van der Waals surface area contributed by atoms with E-state index in [-0.39, 0.29) is 10.8 Å². The highest BCUT2D eigenvalue weighted by Crippen LogP contribution is 2.25. The molecule has 26 heavy (non-hydrogen) atoms. The van der Waals surface area contributed by atoms with Crippen LogP contribution in [0.25, 0.3) is 11.0 Å². The molecule has 0 saturated carbocycles. The van der Waals surface area contributed by atoms with Gasteiger partial charge in [-0.2, -0.15) is 0 Å². The molecule has 0 unspecified atom stereocenters. The third-order valence-corrected chi connectivity index (χ3v) is 3.99. The second-order valence-electron chi connectivity index (χ2n) is 5.33. The van der Waals surface area contributed by atoms with Crippen molar-refractivity contribution in [3.05, 3.63) is 57.5 Å². The van der Waals surface area contributed by atoms with E-state index in [1.165, 1.54) is 6.07 Å². The molecule has 0 aliphatic carbocycles. The van der Waals surface area contributed by atoms with Crippen LogP contribution in [0.2, 0.25) is 5.02 Å². The standard InChI is InChI=1S/C17H15ClN4O3S/c1-2-25-14-6-3-9(7-11(14)18)15(23)22-17(26)19-10-4-5-12-13(8-10)21-16(24)20-12/h3-8H,2H2,1H3,(H2,20,21,24)(H2,19,22,23,26). The SMILES string of the molecule is CCOc1ccc(C(=O)NC(=S)Nc2ccc3[nH]c(=O)[nH]c3c2)cc1Cl. The van der Waals surface area contributed by atoms with Crippen LogP contribution in [0, 0.1) is 0 Å². The molecule has 0 aliphatic rings. The summed E-state index contributed by atoms with van der Waals surface area (Å²) in [7, 11) is 0. The van der Waals surface area contributed by atoms with E-state index in [1.807, 2.05) is 6.92 Å². The number of amides is 1. The fraction of sp³-hybridized carbons (Fsp3) is 0.118. The number of aromatic nitrogens is 2. The van der Waals surface area contributed by atoms with Crippen LogP contribution in [-0.2, 0) is 0 Å². The first-order chi connectivity index (χ1) is 12.5. The number of anilines is 1. The molecule has 0 radical (unpaired) electrons. The Morgan fingerprint density at radius 2 is 1.96 bits per heavy atom. The van der Waals surface area contributed by atoms with Crippen LogP contribution < -0.4 is 21.1 Å². The van der Waals surface area contributed by atoms with Gasteiger partial charge in [0, 0.05) is 11.3 Å². The quantitative estimate of drug-likeness (QED) is 0.513. The van der Waals surface area contributed by atoms with Crippen LogP contribution in [0.5, 0.6) is 5.75 Å². The molecule has 9 heteroatoms. The monoisotopic (exact) mass is 390 g/mol. The smallest absolute Gasteiger partial charge is 0.323 e. The van der Waals surface area contributed by atoms with Crippen LogP contribution in [-0.4, -0.2) is 27.6 Å². The molecule has 1 aromatic heterocycles. The zero-order valence-electron chi connectivity index (χ0n) is 13.7. The maximum Gasteiger partial charge on any atom is 0.323 e. The third kappa shape index (κ3) is 4.04. The highest BCUT2D eigenvalue weighted by molar-refractivity contribution is 7.80. The van der Waals surface area contributed by atoms with Gasteiger partial charge in [0.25, 0.3) is 5.91 Å². The van der Waals surface area contributed by atoms with Crippen molar-refractivity contribution in [3.8, 4) is 5.75 Å². The summed E-state index contributed by atoms with van der Waals surface area (Å²) in [5.41, 5.74) is 2.00. The van der Waals surface area contributed by atoms with Crippen molar-refractivity contribution in [2.45, 2.75) is 6.92 Å². The number of carbonyl (C=O) groups excluding carboxylic acids is 1. The van der Waals surface area contributed by atoms with Gasteiger partial charge >= 0.3 is 5.69 Å². The van der Waals surface area contributed by atoms with Gasteiger partial charge in [0.05, 0.1) is 22.7 Å². The Balaban J connectivity index is 1.67. The Bertz CT molecular complexity index is 1040. The van der Waals surface area contributed by atoms with Crippen LogP contribution >= 0.6 is 23.8 Å². The summed E-state index contributed by atoms with van der Waals surface area (Å²) < 4.78 is 5.34. The summed E-state index contributed by atoms with van der Waals surface area (Å²) in [5, 5.41) is 5.94. The first-order valence-corrected chi connectivity index (χ1v) is 8.51. The highest BCUT2D eigenvalue weighted by Gasteiger charge is 2.11. The van der Waals surface area contributed by atoms with Crippen LogP contribution in [0.3, 0.4) is 0 Å². The number of H-pyrrole nitrogens is 2. The second-order valence-corrected chi connectivity index (χ2v) is 6.14. The van der Waals surface area contributed by atoms with Gasteiger partial charge in [-0.25, -0.2) is 4.79 Å². The number of imidazole rings is 1. The lowest BCUT2D eigenvalue weighted by atomic mass is 10.2. The first-order valence-electron chi connectivity index (χ1n) is 7.73. The van der Waals surface area contributed by atoms with Crippen molar-refractivity contribution < 1.29 is 9.53 Å². The summed E-state index contributed by atoms with van der Waals surface area (Å²) in [6.45, 7) is 2.33. The topological polar surface area (TPSA) is 99.0 Å². The molecule has 1 heterocycles. The third-order valence-electron chi connectivity index (χ3n) is 3.49. The lowest BCUT2D eigenvalue weighted by Gasteiger charge is -2.11. The molecule has 0 atom stereocenters. The number of hydrogen-bond acceptors (Lipinski definition) is 4. The van der Waals surface area contributed by atoms with Crippen LogP contribution in [0.4, 0.5) is 5.69 Å². The molecule has 2 aromatic carbocycles. The number of ether oxygens (including phenoxy) is 1. The average molecular weight is 391 g/mol. The number of aromatic amines is 2. The Morgan fingerprint density at radius 1 is 1.19 bits per heavy atom. The molecule has 0 aliphatic heterocycles. The molecule has 7 nitrogen and oxygen atoms in total. The molecule has 0 bridgehead atoms. The fourth-order valence-electron chi connectivity index (χ4n) is 2.36. The predicted molar refractivity (Wildman–Crippen MR) is 105 cm³/mol. The maximum atomic E-state index is 12.3. The summed E-state index contributed by atoms with van der Waals surface area (Å²) in [5.74, 6) is 0.115. The van der Waals surface area contributed by atoms with Gasteiger partial charge in [0.15, 0.2) is 5.11 Å². The van der Waals surface area contributed by atoms with Crippen molar-refractivity contribution in [3.63, 3.8) is 0 Å². The summed E-state index contributed by atoms with van der Waals surface area (Å²) >= 11 is 11.3. The van der Waals surface area contributed by atoms with Crippen LogP contribution in [0.15, 0.2) is 41.2 Å². The Labute approximate surface area is 158 Å². The molecule has 3 aromatic rings. The lowest BCUT2D eigenvalue weighted by molar-refractivity contribution is 0.0977. The number of fused-ring (bicyclic) bond motifs is 1. The number of thiocarbonyl (C=S) groups is 1. The molecule has 0 fully saturated rings. The maximum absolute atomic E-state index is 12.3. The summed E-state index contributed by atoms with van der Waals surface area (Å²) in [6.07, 6.45) is 0. The molecule has 3 rings (SSSR count). The molecule has 4 N–H and O–H groups in total. The van der Waals surface area contributed by atoms with Gasteiger partial charge in [-0.3, -0.25) is 10.1 Å². The van der Waals surface area contributed by atoms with Crippen molar-refractivity contribution >= 4 is 51.6 Å². The number of carbonyl (C=O) groups is 1. The van der Waals surface area contributed by atoms with E-state index >= 15 is 0 Å². The molecule has 134 valence electrons. The Kier molecular flexibility index (Phi) is 5.24. The Hall–Kier alpha value is -2.84. The average Bonchev–Trinajstić information content (AvgIpc) is 2.96. The van der Waals surface area contributed by atoms with Gasteiger partial charge in [0.1, 0.15) is 5.75 Å². The molecule has 0 spiro atoms. The van der Waals surface area contributed by atoms with Crippen molar-refractivity contribution in [1.29, 1.82) is 0 Å². The number of nitrogens with one attached hydrogen (secondary N) is 4. The Morgan fingerprint density at radius 3 is 2.69 bits per heavy atom. The zero-order chi connectivity index (χ0) is 18.7. The van der Waals surface area contributed by atoms with E-state index in [4.69, 9.17) is 28.6 Å². The summed E-state index contributed by atoms with van der Waals surface area (Å²) in [6, 6.07) is 9.92. The highest BCUT2D eigenvalue weighted by atomic mass is 35.5. The number of halogens is 1. The molecule has 0 saturated heterocycles. The van der Waals surface area contributed by atoms with Gasteiger partial charge in [-0.15, -0.1) is 0 Å². The van der Waals surface area contributed by atoms with E-state index in [0.717, 1.165) is 0 Å². The van der Waals surface area contributed by atoms with E-state index in [1.54, 1.807) is 30.3 Å². The lowest BCUT2D eigenvalue weighted by Crippen LogP contribution is -2.34. The van der Waals surface area contributed by atoms with Crippen molar-refractivity contribution in [2.24, 2.45) is 0 Å². The number of rotatable bonds is 4. The minimum atomic E-state index is -0.399. The fourth-order valence-corrected chi connectivity index (χ4v) is 2.81. The summed E-state index contributed by atoms with van der Waals surface area (Å²) in [4.78, 5) is 28.9. The molecular formula is C17H15ClN4O3S. The predicted octanol–water partition coefficient (Wildman–Crippen LogP) is 3.04. The van der Waals surface area contributed by atoms with Gasteiger partial charge in [0.2, 0.25) is 0 Å². The van der Waals surface area contributed by atoms with Crippen molar-refractivity contribution in [1.82, 2.24) is 15.3 Å². The normalized spacial score (nSPS) is 10.5. The molecular weight excluding hydrogens is 376 g/mol. The van der Waals surface area contributed by atoms with E-state index < -0.39 is 5.91 Å². The van der Waals surface area contributed by atoms with Crippen LogP contribution in [0.1, 0.15) is 17.3 Å². The van der Waals surface area contributed by atoms with Gasteiger partial charge < -0.3 is 20.0 Å². The van der Waals surface area contributed by atoms with Crippen molar-refractivity contribution in [2.75, 3.05) is 11.9 Å². The minimum absolute atomic E-state index is 0.122. The number of benzene rings is 2. The molecule has 1 amide bonds. The minimum Gasteiger partial charge on any atom is -0.492 e. The van der Waals surface area contributed by atoms with Gasteiger partial charge in [-0.05, 0) is 55.5 Å². The van der Waals surface area contributed by atoms with E-state index in [9.17, 15) is 9.59 Å². The second kappa shape index (κ2) is 7.59.